The molecule has 12 heteroatoms. The summed E-state index contributed by atoms with van der Waals surface area (Å²) in [6.45, 7) is 4.30. The number of sulfonamides is 1. The van der Waals surface area contributed by atoms with Gasteiger partial charge in [-0.2, -0.15) is 9.30 Å². The van der Waals surface area contributed by atoms with Crippen molar-refractivity contribution in [2.24, 2.45) is 4.99 Å². The van der Waals surface area contributed by atoms with E-state index < -0.39 is 27.9 Å². The van der Waals surface area contributed by atoms with Crippen LogP contribution in [0.2, 0.25) is 4.34 Å². The predicted molar refractivity (Wildman–Crippen MR) is 137 cm³/mol. The number of carbonyl (C=O) groups excluding carboxylic acids is 2. The molecule has 4 rings (SSSR count). The third-order valence-corrected chi connectivity index (χ3v) is 10.6. The number of rotatable bonds is 6. The van der Waals surface area contributed by atoms with Crippen LogP contribution in [0, 0.1) is 0 Å². The lowest BCUT2D eigenvalue weighted by Gasteiger charge is -2.31. The lowest BCUT2D eigenvalue weighted by atomic mass is 10.0. The summed E-state index contributed by atoms with van der Waals surface area (Å²) in [4.78, 5) is 30.2. The molecule has 0 N–H and O–H groups in total. The smallest absolute Gasteiger partial charge is 0.325 e. The summed E-state index contributed by atoms with van der Waals surface area (Å²) in [6.07, 6.45) is 1.75. The molecule has 1 saturated heterocycles. The number of fused-ring (bicyclic) bond motifs is 1. The molecule has 35 heavy (non-hydrogen) atoms. The summed E-state index contributed by atoms with van der Waals surface area (Å²) in [7, 11) is -2.59. The number of hydrogen-bond acceptors (Lipinski definition) is 7. The molecular weight excluding hydrogens is 530 g/mol. The standard InChI is InChI=1S/C23H26ClN3O5S3/c1-14(2)15-7-8-16-18(12-15)33-23(26(16)13-20(28)32-3)25-22(29)17-6-4-5-11-27(17)35(30,31)21-10-9-19(24)34-21/h7-10,12,14,17H,4-6,11,13H2,1-3H3. The normalized spacial score (nSPS) is 17.9. The first-order valence-electron chi connectivity index (χ1n) is 11.2. The van der Waals surface area contributed by atoms with Gasteiger partial charge in [-0.05, 0) is 48.6 Å². The Morgan fingerprint density at radius 3 is 2.63 bits per heavy atom. The highest BCUT2D eigenvalue weighted by Gasteiger charge is 2.38. The van der Waals surface area contributed by atoms with E-state index in [1.165, 1.54) is 34.9 Å². The maximum Gasteiger partial charge on any atom is 0.325 e. The van der Waals surface area contributed by atoms with Crippen LogP contribution in [0.3, 0.4) is 0 Å². The van der Waals surface area contributed by atoms with E-state index in [2.05, 4.69) is 18.8 Å². The Kier molecular flexibility index (Phi) is 7.82. The van der Waals surface area contributed by atoms with Crippen molar-refractivity contribution >= 4 is 66.4 Å². The fraction of sp³-hybridized carbons (Fsp3) is 0.435. The van der Waals surface area contributed by atoms with Gasteiger partial charge < -0.3 is 9.30 Å². The zero-order valence-corrected chi connectivity index (χ0v) is 22.8. The molecule has 1 amide bonds. The number of hydrogen-bond donors (Lipinski definition) is 0. The maximum atomic E-state index is 13.4. The topological polar surface area (TPSA) is 98.0 Å². The van der Waals surface area contributed by atoms with Gasteiger partial charge in [0.1, 0.15) is 16.8 Å². The van der Waals surface area contributed by atoms with Crippen molar-refractivity contribution in [2.45, 2.75) is 55.8 Å². The number of carbonyl (C=O) groups is 2. The molecule has 3 heterocycles. The van der Waals surface area contributed by atoms with Crippen LogP contribution >= 0.6 is 34.3 Å². The molecule has 2 aromatic heterocycles. The Morgan fingerprint density at radius 2 is 1.97 bits per heavy atom. The van der Waals surface area contributed by atoms with Gasteiger partial charge >= 0.3 is 5.97 Å². The quantitative estimate of drug-likeness (QED) is 0.420. The van der Waals surface area contributed by atoms with Gasteiger partial charge in [0, 0.05) is 6.54 Å². The molecule has 8 nitrogen and oxygen atoms in total. The van der Waals surface area contributed by atoms with Crippen molar-refractivity contribution in [3.05, 3.63) is 45.0 Å². The van der Waals surface area contributed by atoms with Gasteiger partial charge in [0.05, 0.1) is 21.7 Å². The molecule has 1 atom stereocenters. The third kappa shape index (κ3) is 5.39. The molecule has 1 fully saturated rings. The monoisotopic (exact) mass is 555 g/mol. The summed E-state index contributed by atoms with van der Waals surface area (Å²) in [6, 6.07) is 7.99. The number of thiophene rings is 1. The predicted octanol–water partition coefficient (Wildman–Crippen LogP) is 4.38. The number of piperidine rings is 1. The van der Waals surface area contributed by atoms with E-state index in [0.717, 1.165) is 33.5 Å². The molecule has 0 bridgehead atoms. The third-order valence-electron chi connectivity index (χ3n) is 5.94. The van der Waals surface area contributed by atoms with E-state index >= 15 is 0 Å². The second-order valence-corrected chi connectivity index (χ2v) is 13.4. The Hall–Kier alpha value is -2.05. The van der Waals surface area contributed by atoms with Gasteiger partial charge in [0.2, 0.25) is 0 Å². The zero-order chi connectivity index (χ0) is 25.3. The maximum absolute atomic E-state index is 13.4. The van der Waals surface area contributed by atoms with Gasteiger partial charge in [0.15, 0.2) is 4.80 Å². The molecule has 0 spiro atoms. The molecule has 1 aromatic carbocycles. The first-order valence-corrected chi connectivity index (χ1v) is 14.6. The second-order valence-electron chi connectivity index (χ2n) is 8.56. The van der Waals surface area contributed by atoms with Crippen molar-refractivity contribution in [3.8, 4) is 0 Å². The minimum atomic E-state index is -3.89. The van der Waals surface area contributed by atoms with Gasteiger partial charge in [-0.3, -0.25) is 9.59 Å². The average Bonchev–Trinajstić information content (AvgIpc) is 3.42. The Bertz CT molecular complexity index is 1440. The van der Waals surface area contributed by atoms with E-state index in [-0.39, 0.29) is 17.3 Å². The summed E-state index contributed by atoms with van der Waals surface area (Å²) < 4.78 is 35.6. The highest BCUT2D eigenvalue weighted by Crippen LogP contribution is 2.32. The van der Waals surface area contributed by atoms with E-state index in [0.29, 0.717) is 27.9 Å². The van der Waals surface area contributed by atoms with E-state index in [9.17, 15) is 18.0 Å². The fourth-order valence-electron chi connectivity index (χ4n) is 4.04. The van der Waals surface area contributed by atoms with Crippen LogP contribution in [-0.4, -0.2) is 48.9 Å². The number of nitrogens with zero attached hydrogens (tertiary/aromatic N) is 3. The number of aromatic nitrogens is 1. The van der Waals surface area contributed by atoms with Crippen molar-refractivity contribution in [3.63, 3.8) is 0 Å². The van der Waals surface area contributed by atoms with Gasteiger partial charge in [-0.15, -0.1) is 11.3 Å². The van der Waals surface area contributed by atoms with Crippen LogP contribution in [0.25, 0.3) is 10.2 Å². The minimum absolute atomic E-state index is 0.103. The number of esters is 1. The molecule has 0 saturated carbocycles. The van der Waals surface area contributed by atoms with Crippen LogP contribution < -0.4 is 4.80 Å². The Balaban J connectivity index is 1.77. The lowest BCUT2D eigenvalue weighted by molar-refractivity contribution is -0.141. The number of thiazole rings is 1. The molecule has 3 aromatic rings. The molecule has 188 valence electrons. The van der Waals surface area contributed by atoms with Crippen LogP contribution in [0.4, 0.5) is 0 Å². The van der Waals surface area contributed by atoms with Gasteiger partial charge in [-0.25, -0.2) is 8.42 Å². The highest BCUT2D eigenvalue weighted by atomic mass is 35.5. The highest BCUT2D eigenvalue weighted by molar-refractivity contribution is 7.91. The zero-order valence-electron chi connectivity index (χ0n) is 19.6. The first-order chi connectivity index (χ1) is 16.6. The number of halogens is 1. The molecule has 1 unspecified atom stereocenters. The van der Waals surface area contributed by atoms with Crippen LogP contribution in [0.15, 0.2) is 39.5 Å². The van der Waals surface area contributed by atoms with Crippen molar-refractivity contribution in [1.82, 2.24) is 8.87 Å². The van der Waals surface area contributed by atoms with Gasteiger partial charge in [-0.1, -0.05) is 49.3 Å². The van der Waals surface area contributed by atoms with Crippen molar-refractivity contribution in [1.29, 1.82) is 0 Å². The molecule has 1 aliphatic rings. The van der Waals surface area contributed by atoms with E-state index in [1.807, 2.05) is 18.2 Å². The van der Waals surface area contributed by atoms with E-state index in [1.54, 1.807) is 4.57 Å². The molecule has 1 aliphatic heterocycles. The summed E-state index contributed by atoms with van der Waals surface area (Å²) in [5.41, 5.74) is 1.89. The van der Waals surface area contributed by atoms with Crippen molar-refractivity contribution in [2.75, 3.05) is 13.7 Å². The van der Waals surface area contributed by atoms with Crippen LogP contribution in [0.1, 0.15) is 44.6 Å². The first kappa shape index (κ1) is 26.0. The number of methoxy groups -OCH3 is 1. The SMILES string of the molecule is COC(=O)Cn1c(=NC(=O)C2CCCCN2S(=O)(=O)c2ccc(Cl)s2)sc2cc(C(C)C)ccc21. The summed E-state index contributed by atoms with van der Waals surface area (Å²) in [5.74, 6) is -0.711. The largest absolute Gasteiger partial charge is 0.468 e. The minimum Gasteiger partial charge on any atom is -0.468 e. The number of benzene rings is 1. The van der Waals surface area contributed by atoms with Crippen LogP contribution in [0.5, 0.6) is 0 Å². The lowest BCUT2D eigenvalue weighted by Crippen LogP contribution is -2.47. The molecule has 0 aliphatic carbocycles. The van der Waals surface area contributed by atoms with E-state index in [4.69, 9.17) is 16.3 Å². The summed E-state index contributed by atoms with van der Waals surface area (Å²) >= 11 is 8.22. The molecular formula is C23H26ClN3O5S3. The Morgan fingerprint density at radius 1 is 1.20 bits per heavy atom. The second kappa shape index (κ2) is 10.5. The number of ether oxygens (including phenoxy) is 1. The van der Waals surface area contributed by atoms with Crippen molar-refractivity contribution < 1.29 is 22.7 Å². The fourth-order valence-corrected chi connectivity index (χ4v) is 8.39. The summed E-state index contributed by atoms with van der Waals surface area (Å²) in [5, 5.41) is 0. The van der Waals surface area contributed by atoms with Crippen LogP contribution in [-0.2, 0) is 30.9 Å². The number of amides is 1. The van der Waals surface area contributed by atoms with Gasteiger partial charge in [0.25, 0.3) is 15.9 Å². The molecule has 0 radical (unpaired) electrons. The Labute approximate surface area is 216 Å². The average molecular weight is 556 g/mol.